The van der Waals surface area contributed by atoms with Gasteiger partial charge in [-0.1, -0.05) is 12.1 Å². The normalized spacial score (nSPS) is 13.5. The van der Waals surface area contributed by atoms with Gasteiger partial charge in [0.25, 0.3) is 0 Å². The monoisotopic (exact) mass is 291 g/mol. The summed E-state index contributed by atoms with van der Waals surface area (Å²) in [6.45, 7) is -0.185. The van der Waals surface area contributed by atoms with Gasteiger partial charge in [-0.25, -0.2) is 0 Å². The van der Waals surface area contributed by atoms with Crippen LogP contribution < -0.4 is 0 Å². The fourth-order valence-electron chi connectivity index (χ4n) is 1.88. The highest BCUT2D eigenvalue weighted by atomic mass is 19.4. The second-order valence-electron chi connectivity index (χ2n) is 4.40. The average Bonchev–Trinajstić information content (AvgIpc) is 2.34. The van der Waals surface area contributed by atoms with Crippen LogP contribution in [0.2, 0.25) is 0 Å². The molecule has 1 unspecified atom stereocenters. The quantitative estimate of drug-likeness (QED) is 0.874. The van der Waals surface area contributed by atoms with E-state index in [4.69, 9.17) is 9.84 Å². The molecule has 0 bridgehead atoms. The van der Waals surface area contributed by atoms with Gasteiger partial charge in [-0.2, -0.15) is 13.2 Å². The Labute approximate surface area is 114 Å². The first kappa shape index (κ1) is 16.5. The molecule has 20 heavy (non-hydrogen) atoms. The lowest BCUT2D eigenvalue weighted by atomic mass is 10.0. The molecule has 1 atom stereocenters. The molecule has 0 aliphatic carbocycles. The van der Waals surface area contributed by atoms with Crippen LogP contribution in [0.4, 0.5) is 13.2 Å². The van der Waals surface area contributed by atoms with Crippen molar-refractivity contribution in [1.29, 1.82) is 0 Å². The minimum atomic E-state index is -4.43. The lowest BCUT2D eigenvalue weighted by Gasteiger charge is -2.27. The lowest BCUT2D eigenvalue weighted by Crippen LogP contribution is -2.32. The van der Waals surface area contributed by atoms with Gasteiger partial charge in [0, 0.05) is 7.11 Å². The first-order valence-electron chi connectivity index (χ1n) is 5.84. The fourth-order valence-corrected chi connectivity index (χ4v) is 1.88. The van der Waals surface area contributed by atoms with Gasteiger partial charge in [-0.05, 0) is 24.7 Å². The Morgan fingerprint density at radius 1 is 1.45 bits per heavy atom. The molecule has 0 heterocycles. The number of hydrogen-bond acceptors (Lipinski definition) is 3. The van der Waals surface area contributed by atoms with E-state index in [2.05, 4.69) is 0 Å². The van der Waals surface area contributed by atoms with Crippen LogP contribution in [0.15, 0.2) is 24.3 Å². The lowest BCUT2D eigenvalue weighted by molar-refractivity contribution is -0.139. The van der Waals surface area contributed by atoms with E-state index in [1.54, 1.807) is 0 Å². The number of alkyl halides is 3. The molecule has 1 rings (SSSR count). The number of ether oxygens (including phenoxy) is 1. The molecular formula is C13H16F3NO3. The van der Waals surface area contributed by atoms with Crippen LogP contribution in [-0.4, -0.2) is 43.3 Å². The van der Waals surface area contributed by atoms with Crippen molar-refractivity contribution in [1.82, 2.24) is 4.90 Å². The van der Waals surface area contributed by atoms with E-state index in [1.165, 1.54) is 31.2 Å². The summed E-state index contributed by atoms with van der Waals surface area (Å²) in [6.07, 6.45) is -4.43. The van der Waals surface area contributed by atoms with Crippen LogP contribution in [0.25, 0.3) is 0 Å². The first-order chi connectivity index (χ1) is 9.25. The number of rotatable bonds is 6. The Morgan fingerprint density at radius 2 is 2.10 bits per heavy atom. The molecule has 1 aromatic rings. The molecule has 0 saturated heterocycles. The molecule has 0 spiro atoms. The van der Waals surface area contributed by atoms with Gasteiger partial charge >= 0.3 is 12.1 Å². The minimum absolute atomic E-state index is 0.102. The Kier molecular flexibility index (Phi) is 5.52. The summed E-state index contributed by atoms with van der Waals surface area (Å²) in [5, 5.41) is 8.77. The van der Waals surface area contributed by atoms with E-state index in [9.17, 15) is 18.0 Å². The third-order valence-electron chi connectivity index (χ3n) is 2.84. The highest BCUT2D eigenvalue weighted by Crippen LogP contribution is 2.31. The first-order valence-corrected chi connectivity index (χ1v) is 5.84. The summed E-state index contributed by atoms with van der Waals surface area (Å²) in [6, 6.07) is 4.26. The van der Waals surface area contributed by atoms with E-state index in [-0.39, 0.29) is 13.2 Å². The zero-order valence-electron chi connectivity index (χ0n) is 11.1. The van der Waals surface area contributed by atoms with Crippen LogP contribution in [0.3, 0.4) is 0 Å². The van der Waals surface area contributed by atoms with E-state index < -0.39 is 23.8 Å². The van der Waals surface area contributed by atoms with E-state index in [0.717, 1.165) is 12.1 Å². The minimum Gasteiger partial charge on any atom is -0.480 e. The van der Waals surface area contributed by atoms with Crippen molar-refractivity contribution in [3.8, 4) is 0 Å². The largest absolute Gasteiger partial charge is 0.480 e. The maximum absolute atomic E-state index is 12.7. The number of aliphatic carboxylic acids is 1. The third-order valence-corrected chi connectivity index (χ3v) is 2.84. The number of carboxylic acid groups (broad SMARTS) is 1. The SMILES string of the molecule is COCC(c1cccc(C(F)(F)F)c1)N(C)CC(=O)O. The van der Waals surface area contributed by atoms with Crippen molar-refractivity contribution in [2.45, 2.75) is 12.2 Å². The standard InChI is InChI=1S/C13H16F3NO3/c1-17(7-12(18)19)11(8-20-2)9-4-3-5-10(6-9)13(14,15)16/h3-6,11H,7-8H2,1-2H3,(H,18,19). The molecule has 0 aromatic heterocycles. The molecule has 0 fully saturated rings. The van der Waals surface area contributed by atoms with Crippen molar-refractivity contribution in [3.63, 3.8) is 0 Å². The topological polar surface area (TPSA) is 49.8 Å². The van der Waals surface area contributed by atoms with Gasteiger partial charge < -0.3 is 9.84 Å². The molecule has 0 aliphatic heterocycles. The molecule has 0 saturated carbocycles. The van der Waals surface area contributed by atoms with Gasteiger partial charge in [-0.3, -0.25) is 9.69 Å². The van der Waals surface area contributed by atoms with Crippen LogP contribution >= 0.6 is 0 Å². The molecule has 1 aromatic carbocycles. The Hall–Kier alpha value is -1.60. The molecule has 1 N–H and O–H groups in total. The second-order valence-corrected chi connectivity index (χ2v) is 4.40. The molecule has 0 aliphatic rings. The van der Waals surface area contributed by atoms with E-state index in [1.807, 2.05) is 0 Å². The van der Waals surface area contributed by atoms with Gasteiger partial charge in [-0.15, -0.1) is 0 Å². The molecule has 0 amide bonds. The van der Waals surface area contributed by atoms with Crippen LogP contribution in [0, 0.1) is 0 Å². The molecule has 4 nitrogen and oxygen atoms in total. The predicted octanol–water partition coefficient (Wildman–Crippen LogP) is 2.41. The number of likely N-dealkylation sites (N-methyl/N-ethyl adjacent to an activating group) is 1. The highest BCUT2D eigenvalue weighted by Gasteiger charge is 2.31. The Bertz CT molecular complexity index is 462. The summed E-state index contributed by atoms with van der Waals surface area (Å²) >= 11 is 0. The number of carbonyl (C=O) groups is 1. The Morgan fingerprint density at radius 3 is 2.60 bits per heavy atom. The molecule has 0 radical (unpaired) electrons. The van der Waals surface area contributed by atoms with E-state index >= 15 is 0 Å². The van der Waals surface area contributed by atoms with Gasteiger partial charge in [0.2, 0.25) is 0 Å². The fraction of sp³-hybridized carbons (Fsp3) is 0.462. The number of halogens is 3. The highest BCUT2D eigenvalue weighted by molar-refractivity contribution is 5.69. The van der Waals surface area contributed by atoms with Crippen molar-refractivity contribution < 1.29 is 27.8 Å². The number of benzene rings is 1. The summed E-state index contributed by atoms with van der Waals surface area (Å²) < 4.78 is 43.0. The molecule has 7 heteroatoms. The maximum atomic E-state index is 12.7. The number of carboxylic acids is 1. The predicted molar refractivity (Wildman–Crippen MR) is 66.3 cm³/mol. The summed E-state index contributed by atoms with van der Waals surface area (Å²) in [5.41, 5.74) is -0.398. The number of nitrogens with zero attached hydrogens (tertiary/aromatic N) is 1. The van der Waals surface area contributed by atoms with Crippen molar-refractivity contribution in [2.75, 3.05) is 27.3 Å². The summed E-state index contributed by atoms with van der Waals surface area (Å²) in [7, 11) is 2.94. The van der Waals surface area contributed by atoms with Crippen molar-refractivity contribution >= 4 is 5.97 Å². The maximum Gasteiger partial charge on any atom is 0.416 e. The van der Waals surface area contributed by atoms with Gasteiger partial charge in [0.05, 0.1) is 24.8 Å². The Balaban J connectivity index is 3.05. The molecular weight excluding hydrogens is 275 g/mol. The summed E-state index contributed by atoms with van der Waals surface area (Å²) in [4.78, 5) is 12.1. The van der Waals surface area contributed by atoms with Gasteiger partial charge in [0.15, 0.2) is 0 Å². The average molecular weight is 291 g/mol. The smallest absolute Gasteiger partial charge is 0.416 e. The van der Waals surface area contributed by atoms with Crippen LogP contribution in [0.1, 0.15) is 17.2 Å². The van der Waals surface area contributed by atoms with Crippen molar-refractivity contribution in [3.05, 3.63) is 35.4 Å². The summed E-state index contributed by atoms with van der Waals surface area (Å²) in [5.74, 6) is -1.06. The third kappa shape index (κ3) is 4.50. The zero-order valence-corrected chi connectivity index (χ0v) is 11.1. The number of methoxy groups -OCH3 is 1. The van der Waals surface area contributed by atoms with Gasteiger partial charge in [0.1, 0.15) is 0 Å². The molecule has 112 valence electrons. The van der Waals surface area contributed by atoms with E-state index in [0.29, 0.717) is 5.56 Å². The van der Waals surface area contributed by atoms with Crippen LogP contribution in [0.5, 0.6) is 0 Å². The second kappa shape index (κ2) is 6.71. The number of hydrogen-bond donors (Lipinski definition) is 1. The van der Waals surface area contributed by atoms with Crippen LogP contribution in [-0.2, 0) is 15.7 Å². The van der Waals surface area contributed by atoms with Crippen molar-refractivity contribution in [2.24, 2.45) is 0 Å². The zero-order chi connectivity index (χ0) is 15.3.